The number of hydrogen-bond acceptors (Lipinski definition) is 7. The maximum absolute atomic E-state index is 12.0. The average molecular weight is 383 g/mol. The van der Waals surface area contributed by atoms with Gasteiger partial charge < -0.3 is 5.32 Å². The van der Waals surface area contributed by atoms with Crippen LogP contribution in [-0.4, -0.2) is 26.8 Å². The Hall–Kier alpha value is -1.48. The molecule has 23 heavy (non-hydrogen) atoms. The smallest absolute Gasteiger partial charge is 0.236 e. The summed E-state index contributed by atoms with van der Waals surface area (Å²) in [7, 11) is 0. The van der Waals surface area contributed by atoms with Gasteiger partial charge in [-0.2, -0.15) is 0 Å². The Morgan fingerprint density at radius 2 is 2.09 bits per heavy atom. The van der Waals surface area contributed by atoms with Gasteiger partial charge in [0.1, 0.15) is 5.01 Å². The first-order valence-corrected chi connectivity index (χ1v) is 9.60. The highest BCUT2D eigenvalue weighted by Gasteiger charge is 2.10. The number of nitrogens with one attached hydrogen (secondary N) is 1. The molecule has 0 radical (unpaired) electrons. The van der Waals surface area contributed by atoms with Crippen LogP contribution in [0.15, 0.2) is 34.0 Å². The first kappa shape index (κ1) is 16.4. The first-order valence-electron chi connectivity index (χ1n) is 6.54. The van der Waals surface area contributed by atoms with Crippen LogP contribution in [0, 0.1) is 6.92 Å². The van der Waals surface area contributed by atoms with E-state index >= 15 is 0 Å². The second-order valence-electron chi connectivity index (χ2n) is 4.47. The molecule has 2 heterocycles. The number of halogens is 1. The second-order valence-corrected chi connectivity index (χ2v) is 8.17. The van der Waals surface area contributed by atoms with Gasteiger partial charge in [-0.05, 0) is 19.1 Å². The van der Waals surface area contributed by atoms with Crippen LogP contribution in [0.4, 0.5) is 5.13 Å². The number of aromatic nitrogens is 3. The second kappa shape index (κ2) is 7.39. The summed E-state index contributed by atoms with van der Waals surface area (Å²) in [6.07, 6.45) is 0. The SMILES string of the molecule is Cc1nnc(SCC(=O)Nc2nc(-c3ccc(Cl)cc3)cs2)s1. The molecule has 0 fully saturated rings. The van der Waals surface area contributed by atoms with E-state index in [9.17, 15) is 4.79 Å². The Bertz CT molecular complexity index is 816. The van der Waals surface area contributed by atoms with Crippen LogP contribution in [0.2, 0.25) is 5.02 Å². The maximum Gasteiger partial charge on any atom is 0.236 e. The van der Waals surface area contributed by atoms with Gasteiger partial charge >= 0.3 is 0 Å². The van der Waals surface area contributed by atoms with Crippen LogP contribution in [0.1, 0.15) is 5.01 Å². The largest absolute Gasteiger partial charge is 0.301 e. The van der Waals surface area contributed by atoms with Crippen molar-refractivity contribution in [2.45, 2.75) is 11.3 Å². The number of carbonyl (C=O) groups excluding carboxylic acids is 1. The summed E-state index contributed by atoms with van der Waals surface area (Å²) in [5.74, 6) is 0.171. The van der Waals surface area contributed by atoms with E-state index in [4.69, 9.17) is 11.6 Å². The zero-order valence-corrected chi connectivity index (χ0v) is 15.2. The van der Waals surface area contributed by atoms with E-state index in [0.717, 1.165) is 20.6 Å². The van der Waals surface area contributed by atoms with Crippen LogP contribution in [-0.2, 0) is 4.79 Å². The van der Waals surface area contributed by atoms with Gasteiger partial charge in [-0.3, -0.25) is 4.79 Å². The summed E-state index contributed by atoms with van der Waals surface area (Å²) in [5, 5.41) is 14.7. The van der Waals surface area contributed by atoms with E-state index in [1.807, 2.05) is 36.6 Å². The fourth-order valence-corrected chi connectivity index (χ4v) is 4.18. The highest BCUT2D eigenvalue weighted by atomic mass is 35.5. The summed E-state index contributed by atoms with van der Waals surface area (Å²) in [4.78, 5) is 16.4. The molecule has 9 heteroatoms. The minimum atomic E-state index is -0.111. The monoisotopic (exact) mass is 382 g/mol. The zero-order chi connectivity index (χ0) is 16.2. The van der Waals surface area contributed by atoms with Crippen LogP contribution in [0.25, 0.3) is 11.3 Å². The lowest BCUT2D eigenvalue weighted by atomic mass is 10.2. The number of aryl methyl sites for hydroxylation is 1. The van der Waals surface area contributed by atoms with Gasteiger partial charge in [0.2, 0.25) is 5.91 Å². The third-order valence-electron chi connectivity index (χ3n) is 2.72. The minimum Gasteiger partial charge on any atom is -0.301 e. The molecular formula is C14H11ClN4OS3. The van der Waals surface area contributed by atoms with Gasteiger partial charge in [-0.25, -0.2) is 4.98 Å². The predicted molar refractivity (Wildman–Crippen MR) is 96.6 cm³/mol. The predicted octanol–water partition coefficient (Wildman–Crippen LogP) is 4.35. The molecule has 1 amide bonds. The minimum absolute atomic E-state index is 0.111. The van der Waals surface area contributed by atoms with Crippen molar-refractivity contribution in [3.63, 3.8) is 0 Å². The zero-order valence-electron chi connectivity index (χ0n) is 11.9. The van der Waals surface area contributed by atoms with E-state index in [1.165, 1.54) is 34.4 Å². The molecule has 0 spiro atoms. The molecule has 2 aromatic heterocycles. The van der Waals surface area contributed by atoms with Crippen molar-refractivity contribution in [3.8, 4) is 11.3 Å². The van der Waals surface area contributed by atoms with Gasteiger partial charge in [0.25, 0.3) is 0 Å². The number of benzene rings is 1. The molecule has 1 aromatic carbocycles. The standard InChI is InChI=1S/C14H11ClN4OS3/c1-8-18-19-14(23-8)22-7-12(20)17-13-16-11(6-21-13)9-2-4-10(15)5-3-9/h2-6H,7H2,1H3,(H,16,17,20). The van der Waals surface area contributed by atoms with Gasteiger partial charge in [-0.15, -0.1) is 21.5 Å². The van der Waals surface area contributed by atoms with E-state index in [2.05, 4.69) is 20.5 Å². The Kier molecular flexibility index (Phi) is 5.27. The molecule has 0 aliphatic rings. The summed E-state index contributed by atoms with van der Waals surface area (Å²) >= 11 is 10.1. The third-order valence-corrected chi connectivity index (χ3v) is 5.71. The number of thioether (sulfide) groups is 1. The summed E-state index contributed by atoms with van der Waals surface area (Å²) in [5.41, 5.74) is 1.78. The number of rotatable bonds is 5. The van der Waals surface area contributed by atoms with Crippen molar-refractivity contribution >= 4 is 57.1 Å². The average Bonchev–Trinajstić information content (AvgIpc) is 3.15. The molecule has 0 atom stereocenters. The number of thiazole rings is 1. The van der Waals surface area contributed by atoms with Crippen molar-refractivity contribution in [3.05, 3.63) is 39.7 Å². The van der Waals surface area contributed by atoms with E-state index in [-0.39, 0.29) is 11.7 Å². The number of amides is 1. The molecular weight excluding hydrogens is 372 g/mol. The summed E-state index contributed by atoms with van der Waals surface area (Å²) in [6, 6.07) is 7.43. The molecule has 0 aliphatic carbocycles. The lowest BCUT2D eigenvalue weighted by molar-refractivity contribution is -0.113. The van der Waals surface area contributed by atoms with Crippen molar-refractivity contribution in [2.24, 2.45) is 0 Å². The van der Waals surface area contributed by atoms with Crippen molar-refractivity contribution < 1.29 is 4.79 Å². The Morgan fingerprint density at radius 1 is 1.30 bits per heavy atom. The van der Waals surface area contributed by atoms with Gasteiger partial charge in [0, 0.05) is 16.0 Å². The molecule has 5 nitrogen and oxygen atoms in total. The Morgan fingerprint density at radius 3 is 2.78 bits per heavy atom. The van der Waals surface area contributed by atoms with E-state index in [1.54, 1.807) is 0 Å². The molecule has 0 unspecified atom stereocenters. The van der Waals surface area contributed by atoms with Gasteiger partial charge in [-0.1, -0.05) is 46.8 Å². The third kappa shape index (κ3) is 4.51. The highest BCUT2D eigenvalue weighted by molar-refractivity contribution is 8.01. The fraction of sp³-hybridized carbons (Fsp3) is 0.143. The molecule has 1 N–H and O–H groups in total. The molecule has 0 aliphatic heterocycles. The Labute approximate surface area is 150 Å². The summed E-state index contributed by atoms with van der Waals surface area (Å²) < 4.78 is 0.790. The molecule has 0 saturated heterocycles. The first-order chi connectivity index (χ1) is 11.1. The lowest BCUT2D eigenvalue weighted by Gasteiger charge is -1.99. The molecule has 0 bridgehead atoms. The topological polar surface area (TPSA) is 67.8 Å². The van der Waals surface area contributed by atoms with Gasteiger partial charge in [0.15, 0.2) is 9.47 Å². The highest BCUT2D eigenvalue weighted by Crippen LogP contribution is 2.26. The lowest BCUT2D eigenvalue weighted by Crippen LogP contribution is -2.13. The van der Waals surface area contributed by atoms with Crippen molar-refractivity contribution in [2.75, 3.05) is 11.1 Å². The van der Waals surface area contributed by atoms with Gasteiger partial charge in [0.05, 0.1) is 11.4 Å². The number of carbonyl (C=O) groups is 1. The molecule has 0 saturated carbocycles. The van der Waals surface area contributed by atoms with Crippen LogP contribution < -0.4 is 5.32 Å². The van der Waals surface area contributed by atoms with Crippen molar-refractivity contribution in [1.82, 2.24) is 15.2 Å². The molecule has 3 aromatic rings. The van der Waals surface area contributed by atoms with Crippen LogP contribution in [0.3, 0.4) is 0 Å². The van der Waals surface area contributed by atoms with Crippen LogP contribution >= 0.6 is 46.0 Å². The van der Waals surface area contributed by atoms with Crippen LogP contribution in [0.5, 0.6) is 0 Å². The maximum atomic E-state index is 12.0. The molecule has 118 valence electrons. The Balaban J connectivity index is 1.58. The fourth-order valence-electron chi connectivity index (χ4n) is 1.70. The van der Waals surface area contributed by atoms with Crippen molar-refractivity contribution in [1.29, 1.82) is 0 Å². The quantitative estimate of drug-likeness (QED) is 0.664. The number of nitrogens with zero attached hydrogens (tertiary/aromatic N) is 3. The number of hydrogen-bond donors (Lipinski definition) is 1. The summed E-state index contributed by atoms with van der Waals surface area (Å²) in [6.45, 7) is 1.88. The number of anilines is 1. The van der Waals surface area contributed by atoms with E-state index < -0.39 is 0 Å². The molecule has 3 rings (SSSR count). The normalized spacial score (nSPS) is 10.7. The van der Waals surface area contributed by atoms with E-state index in [0.29, 0.717) is 10.2 Å².